The lowest BCUT2D eigenvalue weighted by molar-refractivity contribution is -0.397. The molecule has 13 heteroatoms. The van der Waals surface area contributed by atoms with E-state index in [9.17, 15) is 40.9 Å². The van der Waals surface area contributed by atoms with Gasteiger partial charge in [-0.15, -0.1) is 0 Å². The molecule has 21 atom stereocenters. The number of aliphatic hydroxyl groups excluding tert-OH is 7. The molecular formula is C40H64O13. The van der Waals surface area contributed by atoms with E-state index in [1.165, 1.54) is 0 Å². The van der Waals surface area contributed by atoms with Crippen LogP contribution in [0.3, 0.4) is 0 Å². The third-order valence-corrected chi connectivity index (χ3v) is 18.0. The van der Waals surface area contributed by atoms with Crippen molar-refractivity contribution < 1.29 is 64.5 Å². The number of aliphatic hydroxyl groups is 8. The molecule has 8 N–H and O–H groups in total. The van der Waals surface area contributed by atoms with Gasteiger partial charge in [0.25, 0.3) is 0 Å². The van der Waals surface area contributed by atoms with E-state index in [-0.39, 0.29) is 64.6 Å². The summed E-state index contributed by atoms with van der Waals surface area (Å²) in [5.41, 5.74) is -2.91. The van der Waals surface area contributed by atoms with Crippen LogP contribution in [-0.4, -0.2) is 138 Å². The van der Waals surface area contributed by atoms with Gasteiger partial charge < -0.3 is 64.5 Å². The Labute approximate surface area is 312 Å². The minimum atomic E-state index is -1.56. The first-order chi connectivity index (χ1) is 24.5. The Morgan fingerprint density at radius 2 is 1.40 bits per heavy atom. The summed E-state index contributed by atoms with van der Waals surface area (Å²) < 4.78 is 31.6. The standard InChI is InChI=1S/C40H64O13/c1-33(2)18(28-29(26(46)21(43)15-49-28)51-32-27(47)25(45)20(42)16-50-32)8-9-39-17-38(39)11-10-35(5)31-22(13-36(35,6)23(38)12-19(41)30(33)39)52-40(34(3,4)48)24(44)14-37(31,7)53-40/h18-32,41-48H,8-17H2,1-7H3/t18-,19+,20+,21-,22?,23+,24+,25+,26+,27-,28+,29-,30+,31+,32+,35-,36+,37-,38+,39-,40-/m1/s1. The van der Waals surface area contributed by atoms with E-state index in [2.05, 4.69) is 34.6 Å². The van der Waals surface area contributed by atoms with Gasteiger partial charge in [0, 0.05) is 12.3 Å². The number of rotatable bonds is 4. The highest BCUT2D eigenvalue weighted by Gasteiger charge is 2.86. The van der Waals surface area contributed by atoms with E-state index >= 15 is 0 Å². The molecule has 4 aliphatic heterocycles. The second-order valence-electron chi connectivity index (χ2n) is 21.0. The lowest BCUT2D eigenvalue weighted by Crippen LogP contribution is -2.66. The van der Waals surface area contributed by atoms with E-state index in [1.807, 2.05) is 0 Å². The van der Waals surface area contributed by atoms with E-state index in [0.29, 0.717) is 12.8 Å². The van der Waals surface area contributed by atoms with Crippen LogP contribution >= 0.6 is 0 Å². The molecule has 0 aromatic heterocycles. The van der Waals surface area contributed by atoms with Gasteiger partial charge in [-0.3, -0.25) is 0 Å². The molecule has 13 nitrogen and oxygen atoms in total. The van der Waals surface area contributed by atoms with Crippen LogP contribution in [0.4, 0.5) is 0 Å². The van der Waals surface area contributed by atoms with E-state index in [4.69, 9.17) is 23.7 Å². The van der Waals surface area contributed by atoms with Gasteiger partial charge in [-0.05, 0) is 111 Å². The van der Waals surface area contributed by atoms with Crippen molar-refractivity contribution in [1.82, 2.24) is 0 Å². The molecule has 9 rings (SSSR count). The van der Waals surface area contributed by atoms with Gasteiger partial charge in [0.15, 0.2) is 6.29 Å². The Morgan fingerprint density at radius 1 is 0.717 bits per heavy atom. The molecule has 2 bridgehead atoms. The van der Waals surface area contributed by atoms with Crippen LogP contribution in [0.1, 0.15) is 99.8 Å². The topological polar surface area (TPSA) is 208 Å². The Kier molecular flexibility index (Phi) is 8.15. The fourth-order valence-electron chi connectivity index (χ4n) is 15.8. The summed E-state index contributed by atoms with van der Waals surface area (Å²) in [6.45, 7) is 14.3. The zero-order valence-corrected chi connectivity index (χ0v) is 32.4. The van der Waals surface area contributed by atoms with Crippen LogP contribution in [0.25, 0.3) is 0 Å². The second kappa shape index (κ2) is 11.4. The Balaban J connectivity index is 1.01. The SMILES string of the molecule is CC1(C)[C@@H]([C@@H]2OC[C@@H](O)[C@H](O)[C@H]2O[C@@H]2OC[C@H](O)[C@H](O)[C@H]2O)CC[C@]23C[C@]24CC[C@]2(C)[C@@H]5C(C[C@@]2(C)[C@@H]4C[C@H](O)[C@@H]13)O[C@@]1(C(C)(C)O)O[C@]5(C)C[C@@H]1O. The largest absolute Gasteiger partial charge is 0.393 e. The molecule has 9 fully saturated rings. The van der Waals surface area contributed by atoms with Crippen molar-refractivity contribution in [3.63, 3.8) is 0 Å². The summed E-state index contributed by atoms with van der Waals surface area (Å²) in [6.07, 6.45) is -5.19. The number of hydrogen-bond donors (Lipinski definition) is 8. The van der Waals surface area contributed by atoms with Crippen molar-refractivity contribution in [1.29, 1.82) is 0 Å². The molecule has 0 aromatic carbocycles. The summed E-state index contributed by atoms with van der Waals surface area (Å²) in [5.74, 6) is -1.44. The first kappa shape index (κ1) is 38.0. The fraction of sp³-hybridized carbons (Fsp3) is 1.00. The number of hydrogen-bond acceptors (Lipinski definition) is 13. The summed E-state index contributed by atoms with van der Waals surface area (Å²) in [6, 6.07) is 0. The first-order valence-corrected chi connectivity index (χ1v) is 20.3. The molecule has 5 aliphatic carbocycles. The lowest BCUT2D eigenvalue weighted by atomic mass is 9.40. The smallest absolute Gasteiger partial charge is 0.224 e. The molecule has 0 radical (unpaired) electrons. The number of ether oxygens (including phenoxy) is 5. The zero-order chi connectivity index (χ0) is 38.3. The third kappa shape index (κ3) is 4.55. The van der Waals surface area contributed by atoms with Gasteiger partial charge in [0.1, 0.15) is 48.3 Å². The maximum atomic E-state index is 12.5. The molecule has 53 heavy (non-hydrogen) atoms. The van der Waals surface area contributed by atoms with Gasteiger partial charge in [0.2, 0.25) is 5.79 Å². The van der Waals surface area contributed by atoms with Gasteiger partial charge in [-0.1, -0.05) is 27.7 Å². The average Bonchev–Trinajstić information content (AvgIpc) is 3.55. The van der Waals surface area contributed by atoms with Crippen LogP contribution in [0.2, 0.25) is 0 Å². The fourth-order valence-corrected chi connectivity index (χ4v) is 15.8. The maximum Gasteiger partial charge on any atom is 0.224 e. The second-order valence-corrected chi connectivity index (χ2v) is 21.0. The normalized spacial score (nSPS) is 62.4. The van der Waals surface area contributed by atoms with Gasteiger partial charge >= 0.3 is 0 Å². The summed E-state index contributed by atoms with van der Waals surface area (Å²) in [4.78, 5) is 0. The van der Waals surface area contributed by atoms with Crippen molar-refractivity contribution in [3.8, 4) is 0 Å². The van der Waals surface area contributed by atoms with Crippen molar-refractivity contribution in [2.75, 3.05) is 13.2 Å². The molecule has 1 unspecified atom stereocenters. The van der Waals surface area contributed by atoms with Gasteiger partial charge in [0.05, 0.1) is 37.1 Å². The maximum absolute atomic E-state index is 12.5. The average molecular weight is 753 g/mol. The Morgan fingerprint density at radius 3 is 2.09 bits per heavy atom. The molecular weight excluding hydrogens is 688 g/mol. The number of fused-ring (bicyclic) bond motifs is 7. The van der Waals surface area contributed by atoms with Crippen LogP contribution in [-0.2, 0) is 23.7 Å². The van der Waals surface area contributed by atoms with Crippen molar-refractivity contribution in [2.24, 2.45) is 50.7 Å². The predicted molar refractivity (Wildman–Crippen MR) is 186 cm³/mol. The summed E-state index contributed by atoms with van der Waals surface area (Å²) >= 11 is 0. The lowest BCUT2D eigenvalue weighted by Gasteiger charge is -2.65. The van der Waals surface area contributed by atoms with Gasteiger partial charge in [-0.25, -0.2) is 0 Å². The third-order valence-electron chi connectivity index (χ3n) is 18.0. The zero-order valence-electron chi connectivity index (χ0n) is 32.4. The van der Waals surface area contributed by atoms with Gasteiger partial charge in [-0.2, -0.15) is 0 Å². The monoisotopic (exact) mass is 752 g/mol. The van der Waals surface area contributed by atoms with Crippen LogP contribution in [0.15, 0.2) is 0 Å². The van der Waals surface area contributed by atoms with Crippen molar-refractivity contribution in [2.45, 2.75) is 184 Å². The van der Waals surface area contributed by atoms with Crippen LogP contribution in [0.5, 0.6) is 0 Å². The molecule has 4 saturated heterocycles. The summed E-state index contributed by atoms with van der Waals surface area (Å²) in [7, 11) is 0. The first-order valence-electron chi connectivity index (χ1n) is 20.3. The highest BCUT2D eigenvalue weighted by molar-refractivity contribution is 5.34. The molecule has 2 spiro atoms. The van der Waals surface area contributed by atoms with E-state index < -0.39 is 83.6 Å². The minimum Gasteiger partial charge on any atom is -0.393 e. The van der Waals surface area contributed by atoms with Crippen molar-refractivity contribution >= 4 is 0 Å². The molecule has 5 saturated carbocycles. The minimum absolute atomic E-state index is 0.0277. The Bertz CT molecular complexity index is 1490. The molecule has 0 aromatic rings. The highest BCUT2D eigenvalue weighted by Crippen LogP contribution is 2.90. The summed E-state index contributed by atoms with van der Waals surface area (Å²) in [5, 5.41) is 88.2. The van der Waals surface area contributed by atoms with E-state index in [1.54, 1.807) is 13.8 Å². The quantitative estimate of drug-likeness (QED) is 0.202. The highest BCUT2D eigenvalue weighted by atomic mass is 16.8. The van der Waals surface area contributed by atoms with Crippen molar-refractivity contribution in [3.05, 3.63) is 0 Å². The molecule has 0 amide bonds. The molecule has 4 heterocycles. The molecule has 9 aliphatic rings. The molecule has 302 valence electrons. The predicted octanol–water partition coefficient (Wildman–Crippen LogP) is 0.973. The Hall–Kier alpha value is -0.520. The van der Waals surface area contributed by atoms with E-state index in [0.717, 1.165) is 38.5 Å². The van der Waals surface area contributed by atoms with Crippen LogP contribution in [0, 0.1) is 50.7 Å². The van der Waals surface area contributed by atoms with Crippen LogP contribution < -0.4 is 0 Å².